The van der Waals surface area contributed by atoms with Gasteiger partial charge in [-0.2, -0.15) is 0 Å². The molecule has 3 unspecified atom stereocenters. The number of fused-ring (bicyclic) bond motifs is 2. The minimum absolute atomic E-state index is 0.0918. The Morgan fingerprint density at radius 1 is 1.14 bits per heavy atom. The fourth-order valence-corrected chi connectivity index (χ4v) is 3.04. The summed E-state index contributed by atoms with van der Waals surface area (Å²) < 4.78 is 12.7. The van der Waals surface area contributed by atoms with Gasteiger partial charge in [0.25, 0.3) is 0 Å². The Labute approximate surface area is 83.5 Å². The highest BCUT2D eigenvalue weighted by Crippen LogP contribution is 2.40. The first-order valence-corrected chi connectivity index (χ1v) is 5.67. The molecule has 1 saturated heterocycles. The zero-order chi connectivity index (χ0) is 9.71. The van der Waals surface area contributed by atoms with Crippen molar-refractivity contribution in [1.82, 2.24) is 4.90 Å². The molecule has 0 aromatic carbocycles. The third kappa shape index (κ3) is 1.33. The molecule has 1 amide bonds. The van der Waals surface area contributed by atoms with Crippen molar-refractivity contribution in [2.24, 2.45) is 17.8 Å². The van der Waals surface area contributed by atoms with Crippen LogP contribution in [0.1, 0.15) is 25.7 Å². The molecule has 2 aliphatic carbocycles. The molecule has 2 saturated carbocycles. The molecule has 3 heteroatoms. The minimum atomic E-state index is -0.831. The van der Waals surface area contributed by atoms with Crippen LogP contribution in [-0.2, 0) is 4.79 Å². The van der Waals surface area contributed by atoms with E-state index in [-0.39, 0.29) is 11.8 Å². The summed E-state index contributed by atoms with van der Waals surface area (Å²) in [6.45, 7) is 1.80. The molecule has 2 nitrogen and oxygen atoms in total. The molecule has 0 radical (unpaired) electrons. The van der Waals surface area contributed by atoms with E-state index in [1.165, 1.54) is 19.3 Å². The summed E-state index contributed by atoms with van der Waals surface area (Å²) in [5.74, 6) is 1.26. The van der Waals surface area contributed by atoms with Crippen LogP contribution in [-0.4, -0.2) is 30.1 Å². The van der Waals surface area contributed by atoms with Crippen LogP contribution < -0.4 is 0 Å². The van der Waals surface area contributed by atoms with Crippen LogP contribution in [0.15, 0.2) is 0 Å². The second-order valence-corrected chi connectivity index (χ2v) is 5.15. The maximum Gasteiger partial charge on any atom is 0.228 e. The lowest BCUT2D eigenvalue weighted by atomic mass is 9.98. The van der Waals surface area contributed by atoms with Gasteiger partial charge in [-0.15, -0.1) is 0 Å². The molecule has 4 atom stereocenters. The number of carbonyl (C=O) groups excluding carboxylic acids is 1. The normalized spacial score (nSPS) is 45.4. The number of carbonyl (C=O) groups is 1. The van der Waals surface area contributed by atoms with Gasteiger partial charge in [-0.25, -0.2) is 4.39 Å². The van der Waals surface area contributed by atoms with Crippen molar-refractivity contribution in [2.45, 2.75) is 31.9 Å². The van der Waals surface area contributed by atoms with E-state index < -0.39 is 6.17 Å². The van der Waals surface area contributed by atoms with Crippen molar-refractivity contribution in [3.8, 4) is 0 Å². The van der Waals surface area contributed by atoms with E-state index in [9.17, 15) is 9.18 Å². The van der Waals surface area contributed by atoms with E-state index in [0.29, 0.717) is 6.42 Å². The molecular formula is C11H16FNO. The summed E-state index contributed by atoms with van der Waals surface area (Å²) in [4.78, 5) is 13.7. The Balaban J connectivity index is 1.65. The lowest BCUT2D eigenvalue weighted by molar-refractivity contribution is -0.135. The van der Waals surface area contributed by atoms with Crippen molar-refractivity contribution >= 4 is 5.91 Å². The average Bonchev–Trinajstić information content (AvgIpc) is 2.82. The van der Waals surface area contributed by atoms with Crippen LogP contribution in [0, 0.1) is 17.8 Å². The van der Waals surface area contributed by atoms with Crippen LogP contribution >= 0.6 is 0 Å². The van der Waals surface area contributed by atoms with Crippen molar-refractivity contribution in [1.29, 1.82) is 0 Å². The number of piperidine rings is 1. The second-order valence-electron chi connectivity index (χ2n) is 5.15. The number of hydrogen-bond donors (Lipinski definition) is 0. The Bertz CT molecular complexity index is 256. The van der Waals surface area contributed by atoms with Crippen LogP contribution in [0.3, 0.4) is 0 Å². The first-order valence-electron chi connectivity index (χ1n) is 5.67. The zero-order valence-electron chi connectivity index (χ0n) is 8.29. The fourth-order valence-electron chi connectivity index (χ4n) is 3.04. The summed E-state index contributed by atoms with van der Waals surface area (Å²) >= 11 is 0. The first-order chi connectivity index (χ1) is 6.74. The van der Waals surface area contributed by atoms with Crippen LogP contribution in [0.2, 0.25) is 0 Å². The molecule has 78 valence electrons. The number of amides is 1. The highest BCUT2D eigenvalue weighted by Gasteiger charge is 2.47. The molecule has 0 spiro atoms. The summed E-state index contributed by atoms with van der Waals surface area (Å²) in [6, 6.07) is 0. The van der Waals surface area contributed by atoms with Gasteiger partial charge in [-0.1, -0.05) is 0 Å². The largest absolute Gasteiger partial charge is 0.342 e. The van der Waals surface area contributed by atoms with Gasteiger partial charge in [0.05, 0.1) is 5.92 Å². The quantitative estimate of drug-likeness (QED) is 0.625. The zero-order valence-corrected chi connectivity index (χ0v) is 8.29. The fraction of sp³-hybridized carbons (Fsp3) is 0.909. The van der Waals surface area contributed by atoms with E-state index >= 15 is 0 Å². The molecule has 1 aliphatic heterocycles. The third-order valence-electron chi connectivity index (χ3n) is 3.95. The van der Waals surface area contributed by atoms with Gasteiger partial charge in [0.1, 0.15) is 6.17 Å². The maximum absolute atomic E-state index is 12.7. The Kier molecular flexibility index (Phi) is 1.83. The maximum atomic E-state index is 12.7. The molecule has 1 heterocycles. The molecule has 2 bridgehead atoms. The Hall–Kier alpha value is -0.600. The van der Waals surface area contributed by atoms with E-state index in [0.717, 1.165) is 24.9 Å². The number of likely N-dealkylation sites (tertiary alicyclic amines) is 1. The molecule has 0 N–H and O–H groups in total. The lowest BCUT2D eigenvalue weighted by Crippen LogP contribution is -2.41. The third-order valence-corrected chi connectivity index (χ3v) is 3.95. The molecule has 0 aromatic heterocycles. The SMILES string of the molecule is O=C(C1C[C@@H]1F)N1CC2CCC(C2)C1. The average molecular weight is 197 g/mol. The molecule has 3 rings (SSSR count). The number of nitrogens with zero attached hydrogens (tertiary/aromatic N) is 1. The minimum Gasteiger partial charge on any atom is -0.342 e. The number of halogens is 1. The van der Waals surface area contributed by atoms with E-state index in [1.54, 1.807) is 0 Å². The summed E-state index contributed by atoms with van der Waals surface area (Å²) in [5.41, 5.74) is 0. The van der Waals surface area contributed by atoms with E-state index in [1.807, 2.05) is 4.90 Å². The number of hydrogen-bond acceptors (Lipinski definition) is 1. The smallest absolute Gasteiger partial charge is 0.228 e. The van der Waals surface area contributed by atoms with Gasteiger partial charge < -0.3 is 4.90 Å². The van der Waals surface area contributed by atoms with Gasteiger partial charge in [-0.05, 0) is 37.5 Å². The van der Waals surface area contributed by atoms with Gasteiger partial charge in [0.2, 0.25) is 5.91 Å². The first kappa shape index (κ1) is 8.69. The van der Waals surface area contributed by atoms with Crippen molar-refractivity contribution in [2.75, 3.05) is 13.1 Å². The van der Waals surface area contributed by atoms with Crippen LogP contribution in [0.5, 0.6) is 0 Å². The number of rotatable bonds is 1. The van der Waals surface area contributed by atoms with Gasteiger partial charge >= 0.3 is 0 Å². The summed E-state index contributed by atoms with van der Waals surface area (Å²) in [6.07, 6.45) is 3.50. The predicted molar refractivity (Wildman–Crippen MR) is 50.4 cm³/mol. The topological polar surface area (TPSA) is 20.3 Å². The van der Waals surface area contributed by atoms with Crippen LogP contribution in [0.4, 0.5) is 4.39 Å². The molecule has 3 fully saturated rings. The monoisotopic (exact) mass is 197 g/mol. The van der Waals surface area contributed by atoms with Gasteiger partial charge in [0, 0.05) is 13.1 Å². The van der Waals surface area contributed by atoms with Crippen molar-refractivity contribution in [3.63, 3.8) is 0 Å². The molecular weight excluding hydrogens is 181 g/mol. The number of alkyl halides is 1. The standard InChI is InChI=1S/C11H16FNO/c12-10-4-9(10)11(14)13-5-7-1-2-8(3-7)6-13/h7-10H,1-6H2/t7?,8?,9?,10-/m0/s1. The second kappa shape index (κ2) is 2.94. The van der Waals surface area contributed by atoms with E-state index in [4.69, 9.17) is 0 Å². The van der Waals surface area contributed by atoms with Gasteiger partial charge in [0.15, 0.2) is 0 Å². The molecule has 0 aromatic rings. The molecule has 14 heavy (non-hydrogen) atoms. The highest BCUT2D eigenvalue weighted by molar-refractivity contribution is 5.82. The lowest BCUT2D eigenvalue weighted by Gasteiger charge is -2.31. The summed E-state index contributed by atoms with van der Waals surface area (Å²) in [5, 5.41) is 0. The molecule has 3 aliphatic rings. The predicted octanol–water partition coefficient (Wildman–Crippen LogP) is 1.60. The van der Waals surface area contributed by atoms with Gasteiger partial charge in [-0.3, -0.25) is 4.79 Å². The highest BCUT2D eigenvalue weighted by atomic mass is 19.1. The van der Waals surface area contributed by atoms with Crippen LogP contribution in [0.25, 0.3) is 0 Å². The summed E-state index contributed by atoms with van der Waals surface area (Å²) in [7, 11) is 0. The Morgan fingerprint density at radius 2 is 1.71 bits per heavy atom. The Morgan fingerprint density at radius 3 is 2.21 bits per heavy atom. The van der Waals surface area contributed by atoms with Crippen molar-refractivity contribution in [3.05, 3.63) is 0 Å². The van der Waals surface area contributed by atoms with Crippen molar-refractivity contribution < 1.29 is 9.18 Å². The van der Waals surface area contributed by atoms with E-state index in [2.05, 4.69) is 0 Å².